The second kappa shape index (κ2) is 4.53. The van der Waals surface area contributed by atoms with E-state index in [2.05, 4.69) is 0 Å². The van der Waals surface area contributed by atoms with Gasteiger partial charge in [-0.25, -0.2) is 0 Å². The molecule has 0 aliphatic heterocycles. The lowest BCUT2D eigenvalue weighted by atomic mass is 9.98. The fraction of sp³-hybridized carbons (Fsp3) is 0.300. The first-order chi connectivity index (χ1) is 7.10. The van der Waals surface area contributed by atoms with Crippen LogP contribution in [-0.2, 0) is 0 Å². The molecule has 1 N–H and O–H groups in total. The Kier molecular flexibility index (Phi) is 3.37. The molecule has 0 heterocycles. The number of nitro groups is 1. The standard InChI is InChI=1S/C10H10N2O3/c1-7(6-13)9-4-8(5-11)2-3-10(9)12(14)15/h2-4,7,13H,6H2,1H3. The minimum absolute atomic E-state index is 0.0597. The van der Waals surface area contributed by atoms with E-state index in [1.807, 2.05) is 6.07 Å². The van der Waals surface area contributed by atoms with Gasteiger partial charge in [0.1, 0.15) is 0 Å². The molecule has 0 amide bonds. The molecule has 0 spiro atoms. The van der Waals surface area contributed by atoms with Crippen LogP contribution in [0.4, 0.5) is 5.69 Å². The van der Waals surface area contributed by atoms with Crippen molar-refractivity contribution in [1.82, 2.24) is 0 Å². The van der Waals surface area contributed by atoms with Crippen LogP contribution in [0.15, 0.2) is 18.2 Å². The third-order valence-electron chi connectivity index (χ3n) is 2.16. The highest BCUT2D eigenvalue weighted by molar-refractivity contribution is 5.48. The van der Waals surface area contributed by atoms with Crippen LogP contribution < -0.4 is 0 Å². The summed E-state index contributed by atoms with van der Waals surface area (Å²) in [5.41, 5.74) is 0.688. The van der Waals surface area contributed by atoms with Crippen LogP contribution in [0, 0.1) is 21.4 Å². The van der Waals surface area contributed by atoms with E-state index in [0.717, 1.165) is 0 Å². The van der Waals surface area contributed by atoms with Gasteiger partial charge in [0.15, 0.2) is 0 Å². The van der Waals surface area contributed by atoms with Crippen molar-refractivity contribution in [3.63, 3.8) is 0 Å². The topological polar surface area (TPSA) is 87.2 Å². The third-order valence-corrected chi connectivity index (χ3v) is 2.16. The van der Waals surface area contributed by atoms with Crippen molar-refractivity contribution in [1.29, 1.82) is 5.26 Å². The summed E-state index contributed by atoms with van der Waals surface area (Å²) in [4.78, 5) is 10.2. The van der Waals surface area contributed by atoms with Crippen molar-refractivity contribution >= 4 is 5.69 Å². The molecule has 0 saturated carbocycles. The summed E-state index contributed by atoms with van der Waals surface area (Å²) in [6.07, 6.45) is 0. The highest BCUT2D eigenvalue weighted by atomic mass is 16.6. The maximum absolute atomic E-state index is 10.7. The van der Waals surface area contributed by atoms with Crippen molar-refractivity contribution in [2.24, 2.45) is 0 Å². The first kappa shape index (κ1) is 11.1. The predicted molar refractivity (Wildman–Crippen MR) is 53.3 cm³/mol. The maximum Gasteiger partial charge on any atom is 0.273 e. The number of nitriles is 1. The summed E-state index contributed by atoms with van der Waals surface area (Å²) < 4.78 is 0. The van der Waals surface area contributed by atoms with Gasteiger partial charge in [-0.2, -0.15) is 5.26 Å². The molecule has 5 nitrogen and oxygen atoms in total. The smallest absolute Gasteiger partial charge is 0.273 e. The van der Waals surface area contributed by atoms with Crippen LogP contribution in [0.2, 0.25) is 0 Å². The van der Waals surface area contributed by atoms with Gasteiger partial charge < -0.3 is 5.11 Å². The molecular formula is C10H10N2O3. The van der Waals surface area contributed by atoms with E-state index >= 15 is 0 Å². The number of nitrogens with zero attached hydrogens (tertiary/aromatic N) is 2. The number of hydrogen-bond acceptors (Lipinski definition) is 4. The summed E-state index contributed by atoms with van der Waals surface area (Å²) in [6.45, 7) is 1.49. The van der Waals surface area contributed by atoms with Gasteiger partial charge in [0.05, 0.1) is 16.6 Å². The molecule has 1 unspecified atom stereocenters. The van der Waals surface area contributed by atoms with Gasteiger partial charge in [-0.05, 0) is 12.1 Å². The van der Waals surface area contributed by atoms with Crippen LogP contribution in [0.25, 0.3) is 0 Å². The summed E-state index contributed by atoms with van der Waals surface area (Å²) in [7, 11) is 0. The van der Waals surface area contributed by atoms with Gasteiger partial charge in [-0.3, -0.25) is 10.1 Å². The monoisotopic (exact) mass is 206 g/mol. The van der Waals surface area contributed by atoms with Crippen molar-refractivity contribution in [2.75, 3.05) is 6.61 Å². The van der Waals surface area contributed by atoms with Gasteiger partial charge in [0.2, 0.25) is 0 Å². The second-order valence-electron chi connectivity index (χ2n) is 3.23. The zero-order valence-corrected chi connectivity index (χ0v) is 8.17. The Bertz CT molecular complexity index is 423. The van der Waals surface area contributed by atoms with Gasteiger partial charge in [0, 0.05) is 24.2 Å². The van der Waals surface area contributed by atoms with Crippen LogP contribution in [0.3, 0.4) is 0 Å². The molecule has 1 rings (SSSR count). The lowest BCUT2D eigenvalue weighted by Crippen LogP contribution is -2.04. The normalized spacial score (nSPS) is 11.8. The van der Waals surface area contributed by atoms with Crippen LogP contribution in [0.1, 0.15) is 24.0 Å². The molecule has 15 heavy (non-hydrogen) atoms. The molecule has 1 aromatic rings. The van der Waals surface area contributed by atoms with E-state index < -0.39 is 4.92 Å². The summed E-state index contributed by atoms with van der Waals surface area (Å²) in [5.74, 6) is -0.348. The second-order valence-corrected chi connectivity index (χ2v) is 3.23. The van der Waals surface area contributed by atoms with Crippen molar-refractivity contribution in [3.8, 4) is 6.07 Å². The first-order valence-corrected chi connectivity index (χ1v) is 4.39. The molecule has 1 aromatic carbocycles. The molecular weight excluding hydrogens is 196 g/mol. The van der Waals surface area contributed by atoms with E-state index in [0.29, 0.717) is 11.1 Å². The van der Waals surface area contributed by atoms with Crippen molar-refractivity contribution < 1.29 is 10.0 Å². The number of aliphatic hydroxyl groups is 1. The molecule has 0 radical (unpaired) electrons. The number of rotatable bonds is 3. The SMILES string of the molecule is CC(CO)c1cc(C#N)ccc1[N+](=O)[O-]. The molecule has 0 aromatic heterocycles. The number of benzene rings is 1. The van der Waals surface area contributed by atoms with E-state index in [1.54, 1.807) is 6.92 Å². The van der Waals surface area contributed by atoms with Crippen LogP contribution in [0.5, 0.6) is 0 Å². The van der Waals surface area contributed by atoms with Gasteiger partial charge in [0.25, 0.3) is 5.69 Å². The number of nitro benzene ring substituents is 1. The molecule has 0 aliphatic carbocycles. The molecule has 0 bridgehead atoms. The van der Waals surface area contributed by atoms with Crippen LogP contribution >= 0.6 is 0 Å². The fourth-order valence-corrected chi connectivity index (χ4v) is 1.28. The lowest BCUT2D eigenvalue weighted by Gasteiger charge is -2.08. The Balaban J connectivity index is 3.30. The highest BCUT2D eigenvalue weighted by Crippen LogP contribution is 2.26. The maximum atomic E-state index is 10.7. The zero-order valence-electron chi connectivity index (χ0n) is 8.17. The summed E-state index contributed by atoms with van der Waals surface area (Å²) in [5, 5.41) is 28.3. The number of aliphatic hydroxyl groups excluding tert-OH is 1. The van der Waals surface area contributed by atoms with Crippen LogP contribution in [-0.4, -0.2) is 16.6 Å². The predicted octanol–water partition coefficient (Wildman–Crippen LogP) is 1.56. The minimum atomic E-state index is -0.511. The Morgan fingerprint density at radius 3 is 2.80 bits per heavy atom. The Morgan fingerprint density at radius 1 is 1.67 bits per heavy atom. The molecule has 0 saturated heterocycles. The van der Waals surface area contributed by atoms with E-state index in [4.69, 9.17) is 10.4 Å². The average Bonchev–Trinajstić information content (AvgIpc) is 2.26. The van der Waals surface area contributed by atoms with E-state index in [9.17, 15) is 10.1 Å². The molecule has 5 heteroatoms. The summed E-state index contributed by atoms with van der Waals surface area (Å²) >= 11 is 0. The highest BCUT2D eigenvalue weighted by Gasteiger charge is 2.18. The van der Waals surface area contributed by atoms with Gasteiger partial charge in [-0.15, -0.1) is 0 Å². The number of hydrogen-bond donors (Lipinski definition) is 1. The molecule has 0 fully saturated rings. The Hall–Kier alpha value is -1.93. The largest absolute Gasteiger partial charge is 0.396 e. The molecule has 0 aliphatic rings. The third kappa shape index (κ3) is 2.30. The molecule has 78 valence electrons. The fourth-order valence-electron chi connectivity index (χ4n) is 1.28. The minimum Gasteiger partial charge on any atom is -0.396 e. The Labute approximate surface area is 86.7 Å². The van der Waals surface area contributed by atoms with Gasteiger partial charge >= 0.3 is 0 Å². The summed E-state index contributed by atoms with van der Waals surface area (Å²) in [6, 6.07) is 6.04. The van der Waals surface area contributed by atoms with Crippen molar-refractivity contribution in [3.05, 3.63) is 39.4 Å². The van der Waals surface area contributed by atoms with E-state index in [1.165, 1.54) is 18.2 Å². The van der Waals surface area contributed by atoms with E-state index in [-0.39, 0.29) is 18.2 Å². The zero-order chi connectivity index (χ0) is 11.4. The molecule has 1 atom stereocenters. The van der Waals surface area contributed by atoms with Crippen molar-refractivity contribution in [2.45, 2.75) is 12.8 Å². The Morgan fingerprint density at radius 2 is 2.33 bits per heavy atom. The van der Waals surface area contributed by atoms with Gasteiger partial charge in [-0.1, -0.05) is 6.92 Å². The first-order valence-electron chi connectivity index (χ1n) is 4.39. The lowest BCUT2D eigenvalue weighted by molar-refractivity contribution is -0.385. The quantitative estimate of drug-likeness (QED) is 0.600. The average molecular weight is 206 g/mol.